The molecule has 1 aromatic rings. The van der Waals surface area contributed by atoms with Gasteiger partial charge in [0.05, 0.1) is 10.7 Å². The third kappa shape index (κ3) is 2.53. The van der Waals surface area contributed by atoms with E-state index < -0.39 is 0 Å². The van der Waals surface area contributed by atoms with Crippen LogP contribution in [0.3, 0.4) is 0 Å². The monoisotopic (exact) mass is 207 g/mol. The van der Waals surface area contributed by atoms with E-state index in [4.69, 9.17) is 23.2 Å². The van der Waals surface area contributed by atoms with Crippen molar-refractivity contribution in [1.82, 2.24) is 0 Å². The Bertz CT molecular complexity index is 252. The van der Waals surface area contributed by atoms with Gasteiger partial charge in [0.1, 0.15) is 0 Å². The number of halogens is 2. The van der Waals surface area contributed by atoms with Gasteiger partial charge in [-0.2, -0.15) is 0 Å². The first-order valence-corrected chi connectivity index (χ1v) is 3.61. The summed E-state index contributed by atoms with van der Waals surface area (Å²) >= 11 is 5.81. The highest BCUT2D eigenvalue weighted by molar-refractivity contribution is 6.33. The zero-order valence-corrected chi connectivity index (χ0v) is 7.95. The molecule has 5 heteroatoms. The zero-order chi connectivity index (χ0) is 8.27. The van der Waals surface area contributed by atoms with Crippen molar-refractivity contribution in [3.63, 3.8) is 0 Å². The number of anilines is 1. The molecule has 1 rings (SSSR count). The molecule has 0 radical (unpaired) electrons. The van der Waals surface area contributed by atoms with Crippen LogP contribution >= 0.6 is 24.0 Å². The summed E-state index contributed by atoms with van der Waals surface area (Å²) in [4.78, 5) is 0. The molecule has 0 fully saturated rings. The number of hydrazine groups is 1. The summed E-state index contributed by atoms with van der Waals surface area (Å²) in [7, 11) is 0. The number of hydrogen-bond donors (Lipinski definition) is 3. The fraction of sp³-hybridized carbons (Fsp3) is 0.143. The van der Waals surface area contributed by atoms with Gasteiger partial charge in [-0.15, -0.1) is 12.4 Å². The smallest absolute Gasteiger partial charge is 0.0672 e. The second-order valence-corrected chi connectivity index (χ2v) is 2.57. The highest BCUT2D eigenvalue weighted by Crippen LogP contribution is 2.21. The fourth-order valence-electron chi connectivity index (χ4n) is 0.803. The summed E-state index contributed by atoms with van der Waals surface area (Å²) in [6.07, 6.45) is 0. The molecule has 0 saturated heterocycles. The van der Waals surface area contributed by atoms with E-state index in [0.29, 0.717) is 17.3 Å². The van der Waals surface area contributed by atoms with E-state index in [9.17, 15) is 0 Å². The van der Waals surface area contributed by atoms with Gasteiger partial charge in [0.25, 0.3) is 0 Å². The maximum atomic E-state index is 5.81. The van der Waals surface area contributed by atoms with Crippen LogP contribution in [0.15, 0.2) is 18.2 Å². The van der Waals surface area contributed by atoms with Crippen LogP contribution in [0, 0.1) is 0 Å². The summed E-state index contributed by atoms with van der Waals surface area (Å²) in [5.74, 6) is 5.18. The van der Waals surface area contributed by atoms with E-state index in [0.717, 1.165) is 5.56 Å². The lowest BCUT2D eigenvalue weighted by Gasteiger charge is -2.03. The fourth-order valence-corrected chi connectivity index (χ4v) is 1.06. The molecule has 0 spiro atoms. The van der Waals surface area contributed by atoms with E-state index in [-0.39, 0.29) is 12.4 Å². The van der Waals surface area contributed by atoms with Crippen molar-refractivity contribution in [3.05, 3.63) is 28.8 Å². The van der Waals surface area contributed by atoms with Crippen LogP contribution in [0.1, 0.15) is 5.56 Å². The molecule has 0 aromatic heterocycles. The van der Waals surface area contributed by atoms with Crippen molar-refractivity contribution in [2.45, 2.75) is 6.54 Å². The first kappa shape index (κ1) is 11.5. The maximum absolute atomic E-state index is 5.81. The lowest BCUT2D eigenvalue weighted by atomic mass is 10.2. The Morgan fingerprint density at radius 1 is 1.42 bits per heavy atom. The van der Waals surface area contributed by atoms with Crippen molar-refractivity contribution in [2.75, 3.05) is 5.43 Å². The van der Waals surface area contributed by atoms with Crippen LogP contribution in [-0.2, 0) is 6.54 Å². The Hall–Kier alpha value is -0.480. The molecule has 3 nitrogen and oxygen atoms in total. The van der Waals surface area contributed by atoms with Gasteiger partial charge in [-0.05, 0) is 17.7 Å². The summed E-state index contributed by atoms with van der Waals surface area (Å²) in [6, 6.07) is 5.46. The number of nitrogens with one attached hydrogen (secondary N) is 1. The minimum Gasteiger partial charge on any atom is -0.326 e. The lowest BCUT2D eigenvalue weighted by Crippen LogP contribution is -2.07. The highest BCUT2D eigenvalue weighted by Gasteiger charge is 1.97. The Morgan fingerprint density at radius 3 is 2.50 bits per heavy atom. The van der Waals surface area contributed by atoms with Gasteiger partial charge in [0.2, 0.25) is 0 Å². The molecule has 0 unspecified atom stereocenters. The molecule has 0 bridgehead atoms. The molecule has 12 heavy (non-hydrogen) atoms. The molecule has 68 valence electrons. The summed E-state index contributed by atoms with van der Waals surface area (Å²) in [5, 5.41) is 0.593. The van der Waals surface area contributed by atoms with E-state index in [1.54, 1.807) is 12.1 Å². The van der Waals surface area contributed by atoms with Gasteiger partial charge < -0.3 is 11.2 Å². The van der Waals surface area contributed by atoms with Gasteiger partial charge in [0.15, 0.2) is 0 Å². The third-order valence-electron chi connectivity index (χ3n) is 1.42. The Kier molecular flexibility index (Phi) is 5.01. The minimum absolute atomic E-state index is 0. The Morgan fingerprint density at radius 2 is 2.08 bits per heavy atom. The number of hydrogen-bond acceptors (Lipinski definition) is 3. The first-order chi connectivity index (χ1) is 5.27. The second-order valence-electron chi connectivity index (χ2n) is 2.16. The van der Waals surface area contributed by atoms with Crippen LogP contribution in [0.2, 0.25) is 5.02 Å². The predicted octanol–water partition coefficient (Wildman–Crippen LogP) is 1.51. The van der Waals surface area contributed by atoms with Crippen LogP contribution in [-0.4, -0.2) is 0 Å². The molecule has 0 aliphatic carbocycles. The van der Waals surface area contributed by atoms with Crippen molar-refractivity contribution in [2.24, 2.45) is 11.6 Å². The number of rotatable bonds is 2. The van der Waals surface area contributed by atoms with E-state index in [1.807, 2.05) is 6.07 Å². The van der Waals surface area contributed by atoms with Crippen molar-refractivity contribution in [3.8, 4) is 0 Å². The molecular formula is C7H11Cl2N3. The summed E-state index contributed by atoms with van der Waals surface area (Å²) < 4.78 is 0. The van der Waals surface area contributed by atoms with Crippen molar-refractivity contribution in [1.29, 1.82) is 0 Å². The zero-order valence-electron chi connectivity index (χ0n) is 6.38. The summed E-state index contributed by atoms with van der Waals surface area (Å²) in [6.45, 7) is 0.491. The topological polar surface area (TPSA) is 64.1 Å². The Labute approximate surface area is 82.5 Å². The van der Waals surface area contributed by atoms with E-state index >= 15 is 0 Å². The van der Waals surface area contributed by atoms with Crippen molar-refractivity contribution >= 4 is 29.7 Å². The van der Waals surface area contributed by atoms with Crippen LogP contribution in [0.25, 0.3) is 0 Å². The number of nitrogen functional groups attached to an aromatic ring is 1. The van der Waals surface area contributed by atoms with Crippen LogP contribution in [0.5, 0.6) is 0 Å². The standard InChI is InChI=1S/C7H10ClN3.ClH/c8-6-3-5(4-9)1-2-7(6)11-10;/h1-3,11H,4,9-10H2;1H. The molecule has 0 amide bonds. The van der Waals surface area contributed by atoms with Gasteiger partial charge in [-0.1, -0.05) is 17.7 Å². The SMILES string of the molecule is Cl.NCc1ccc(NN)c(Cl)c1. The van der Waals surface area contributed by atoms with Gasteiger partial charge in [0, 0.05) is 6.54 Å². The number of benzene rings is 1. The van der Waals surface area contributed by atoms with Crippen molar-refractivity contribution < 1.29 is 0 Å². The Balaban J connectivity index is 0.00000121. The molecule has 0 aliphatic heterocycles. The highest BCUT2D eigenvalue weighted by atomic mass is 35.5. The quantitative estimate of drug-likeness (QED) is 0.509. The largest absolute Gasteiger partial charge is 0.326 e. The molecule has 0 heterocycles. The molecule has 0 aliphatic rings. The van der Waals surface area contributed by atoms with E-state index in [1.165, 1.54) is 0 Å². The lowest BCUT2D eigenvalue weighted by molar-refractivity contribution is 1.07. The predicted molar refractivity (Wildman–Crippen MR) is 54.4 cm³/mol. The molecule has 0 saturated carbocycles. The molecular weight excluding hydrogens is 197 g/mol. The van der Waals surface area contributed by atoms with E-state index in [2.05, 4.69) is 5.43 Å². The molecule has 5 N–H and O–H groups in total. The van der Waals surface area contributed by atoms with Crippen LogP contribution < -0.4 is 17.0 Å². The second kappa shape index (κ2) is 5.22. The third-order valence-corrected chi connectivity index (χ3v) is 1.74. The average Bonchev–Trinajstić information content (AvgIpc) is 2.04. The van der Waals surface area contributed by atoms with Gasteiger partial charge in [-0.3, -0.25) is 5.84 Å². The number of nitrogens with two attached hydrogens (primary N) is 2. The minimum atomic E-state index is 0. The first-order valence-electron chi connectivity index (χ1n) is 3.23. The van der Waals surface area contributed by atoms with Gasteiger partial charge in [-0.25, -0.2) is 0 Å². The van der Waals surface area contributed by atoms with Crippen LogP contribution in [0.4, 0.5) is 5.69 Å². The summed E-state index contributed by atoms with van der Waals surface area (Å²) in [5.41, 5.74) is 9.58. The molecule has 1 aromatic carbocycles. The normalized spacial score (nSPS) is 8.92. The van der Waals surface area contributed by atoms with Gasteiger partial charge >= 0.3 is 0 Å². The maximum Gasteiger partial charge on any atom is 0.0672 e. The molecule has 0 atom stereocenters. The average molecular weight is 208 g/mol.